The van der Waals surface area contributed by atoms with E-state index in [0.717, 1.165) is 51.4 Å². The van der Waals surface area contributed by atoms with Gasteiger partial charge in [0.25, 0.3) is 0 Å². The first-order valence-corrected chi connectivity index (χ1v) is 26.6. The lowest BCUT2D eigenvalue weighted by atomic mass is 9.85. The Bertz CT molecular complexity index is 1570. The van der Waals surface area contributed by atoms with Gasteiger partial charge in [0.15, 0.2) is 6.10 Å². The average molecular weight is 979 g/mol. The standard InChI is InChI=1S/C47H80O17P2/c1-3-5-7-9-11-12-13-14-15-16-17-18-23-27-31-35-41(50)62-39(37-61-66(58,59)64-47-44(53)42(51)43(52)46(45(47)54)63-65(55,56)57)36-60-40(49)34-30-26-22-20-19-21-25-29-33-38(48)32-28-24-10-8-6-4-2/h6,8,14-15,20-22,24-25,28-29,33,38-39,42-48,51-54H,3-5,7,9-13,16-19,23,26-27,30-32,34-37H2,1-2H3,(H,58,59)(H2,55,56,57)/b8-6-,15-14-,22-20-,25-21-,28-24-,33-29+/t38?,39-,42?,43?,44?,45?,46-,47+/m1/s1. The van der Waals surface area contributed by atoms with Crippen LogP contribution in [0.5, 0.6) is 0 Å². The van der Waals surface area contributed by atoms with E-state index in [1.54, 1.807) is 12.2 Å². The predicted octanol–water partition coefficient (Wildman–Crippen LogP) is 7.81. The Morgan fingerprint density at radius 2 is 1.12 bits per heavy atom. The molecule has 0 heterocycles. The van der Waals surface area contributed by atoms with Gasteiger partial charge in [-0.25, -0.2) is 9.13 Å². The summed E-state index contributed by atoms with van der Waals surface area (Å²) in [6, 6.07) is 0. The van der Waals surface area contributed by atoms with Gasteiger partial charge in [-0.05, 0) is 70.6 Å². The van der Waals surface area contributed by atoms with Gasteiger partial charge in [0.2, 0.25) is 0 Å². The lowest BCUT2D eigenvalue weighted by Crippen LogP contribution is -2.64. The molecular formula is C47H80O17P2. The summed E-state index contributed by atoms with van der Waals surface area (Å²) >= 11 is 0. The summed E-state index contributed by atoms with van der Waals surface area (Å²) in [5, 5.41) is 51.3. The molecule has 380 valence electrons. The lowest BCUT2D eigenvalue weighted by molar-refractivity contribution is -0.216. The van der Waals surface area contributed by atoms with E-state index in [-0.39, 0.29) is 12.8 Å². The fourth-order valence-electron chi connectivity index (χ4n) is 6.67. The number of unbranched alkanes of at least 4 members (excludes halogenated alkanes) is 12. The molecule has 0 aromatic carbocycles. The van der Waals surface area contributed by atoms with Gasteiger partial charge in [-0.1, -0.05) is 138 Å². The van der Waals surface area contributed by atoms with Crippen LogP contribution in [0.15, 0.2) is 72.9 Å². The normalized spacial score (nSPS) is 22.6. The molecule has 1 fully saturated rings. The second-order valence-corrected chi connectivity index (χ2v) is 18.9. The Morgan fingerprint density at radius 3 is 1.77 bits per heavy atom. The van der Waals surface area contributed by atoms with Crippen molar-refractivity contribution < 1.29 is 82.0 Å². The number of phosphoric acid groups is 2. The van der Waals surface area contributed by atoms with Crippen LogP contribution in [0.25, 0.3) is 0 Å². The van der Waals surface area contributed by atoms with Crippen LogP contribution in [0.1, 0.15) is 149 Å². The Labute approximate surface area is 392 Å². The minimum absolute atomic E-state index is 0.00563. The molecule has 6 unspecified atom stereocenters. The maximum atomic E-state index is 13.0. The van der Waals surface area contributed by atoms with Crippen molar-refractivity contribution in [1.82, 2.24) is 0 Å². The Morgan fingerprint density at radius 1 is 0.576 bits per heavy atom. The first-order valence-electron chi connectivity index (χ1n) is 23.6. The van der Waals surface area contributed by atoms with E-state index in [1.165, 1.54) is 38.5 Å². The molecule has 1 aliphatic carbocycles. The molecule has 0 aromatic rings. The quantitative estimate of drug-likeness (QED) is 0.00963. The topological polar surface area (TPSA) is 276 Å². The molecule has 0 radical (unpaired) electrons. The Kier molecular flexibility index (Phi) is 34.7. The summed E-state index contributed by atoms with van der Waals surface area (Å²) in [6.07, 6.45) is 26.1. The van der Waals surface area contributed by atoms with Gasteiger partial charge < -0.3 is 49.7 Å². The fraction of sp³-hybridized carbons (Fsp3) is 0.702. The van der Waals surface area contributed by atoms with E-state index in [1.807, 2.05) is 36.5 Å². The van der Waals surface area contributed by atoms with Crippen LogP contribution in [0.2, 0.25) is 0 Å². The summed E-state index contributed by atoms with van der Waals surface area (Å²) in [5.74, 6) is -1.33. The third-order valence-electron chi connectivity index (χ3n) is 10.3. The number of phosphoric ester groups is 2. The SMILES string of the molecule is CC/C=C\C/C=C\CC(O)/C=C/C=C\C/C=C\CCCC(=O)OC[C@H](COP(=O)(O)O[C@H]1C(O)C(O)C(O)[C@@H](OP(=O)(O)O)C1O)OC(=O)CCCCCCC/C=C\CCCCCCCC. The number of hydrogen-bond donors (Lipinski definition) is 8. The van der Waals surface area contributed by atoms with Crippen molar-refractivity contribution in [3.63, 3.8) is 0 Å². The van der Waals surface area contributed by atoms with Crippen molar-refractivity contribution >= 4 is 27.6 Å². The van der Waals surface area contributed by atoms with Crippen molar-refractivity contribution in [2.45, 2.75) is 198 Å². The van der Waals surface area contributed by atoms with Crippen LogP contribution < -0.4 is 0 Å². The zero-order valence-corrected chi connectivity index (χ0v) is 40.7. The number of aliphatic hydroxyl groups is 5. The summed E-state index contributed by atoms with van der Waals surface area (Å²) in [6.45, 7) is 2.85. The molecule has 19 heteroatoms. The molecule has 1 saturated carbocycles. The summed E-state index contributed by atoms with van der Waals surface area (Å²) < 4.78 is 49.3. The fourth-order valence-corrected chi connectivity index (χ4v) is 8.21. The van der Waals surface area contributed by atoms with Crippen LogP contribution in [0, 0.1) is 0 Å². The number of esters is 2. The molecule has 0 bridgehead atoms. The van der Waals surface area contributed by atoms with Gasteiger partial charge in [-0.3, -0.25) is 23.2 Å². The van der Waals surface area contributed by atoms with Gasteiger partial charge in [-0.15, -0.1) is 0 Å². The van der Waals surface area contributed by atoms with Crippen LogP contribution in [0.3, 0.4) is 0 Å². The molecule has 0 amide bonds. The molecule has 8 N–H and O–H groups in total. The molecule has 1 aliphatic rings. The third-order valence-corrected chi connectivity index (χ3v) is 11.8. The van der Waals surface area contributed by atoms with E-state index < -0.39 is 89.6 Å². The van der Waals surface area contributed by atoms with Gasteiger partial charge in [0.05, 0.1) is 12.7 Å². The minimum Gasteiger partial charge on any atom is -0.462 e. The summed E-state index contributed by atoms with van der Waals surface area (Å²) in [7, 11) is -10.7. The van der Waals surface area contributed by atoms with Crippen molar-refractivity contribution in [2.75, 3.05) is 13.2 Å². The number of carbonyl (C=O) groups is 2. The molecule has 1 rings (SSSR count). The number of rotatable bonds is 38. The first kappa shape index (κ1) is 61.4. The summed E-state index contributed by atoms with van der Waals surface area (Å²) in [5.41, 5.74) is 0. The maximum Gasteiger partial charge on any atom is 0.472 e. The van der Waals surface area contributed by atoms with Crippen molar-refractivity contribution in [3.05, 3.63) is 72.9 Å². The van der Waals surface area contributed by atoms with Crippen LogP contribution in [-0.4, -0.2) is 114 Å². The highest BCUT2D eigenvalue weighted by molar-refractivity contribution is 7.47. The number of carbonyl (C=O) groups excluding carboxylic acids is 2. The number of aliphatic hydroxyl groups excluding tert-OH is 5. The minimum atomic E-state index is -5.38. The smallest absolute Gasteiger partial charge is 0.462 e. The molecule has 0 saturated heterocycles. The Hall–Kier alpha value is -2.60. The van der Waals surface area contributed by atoms with Crippen molar-refractivity contribution in [1.29, 1.82) is 0 Å². The van der Waals surface area contributed by atoms with E-state index in [9.17, 15) is 49.1 Å². The highest BCUT2D eigenvalue weighted by atomic mass is 31.2. The first-order chi connectivity index (χ1) is 31.5. The average Bonchev–Trinajstić information content (AvgIpc) is 3.27. The highest BCUT2D eigenvalue weighted by Gasteiger charge is 2.54. The van der Waals surface area contributed by atoms with Crippen LogP contribution in [-0.2, 0) is 41.8 Å². The van der Waals surface area contributed by atoms with Gasteiger partial charge in [-0.2, -0.15) is 0 Å². The van der Waals surface area contributed by atoms with Gasteiger partial charge >= 0.3 is 27.6 Å². The molecule has 17 nitrogen and oxygen atoms in total. The molecule has 0 spiro atoms. The zero-order valence-electron chi connectivity index (χ0n) is 39.0. The summed E-state index contributed by atoms with van der Waals surface area (Å²) in [4.78, 5) is 54.2. The molecule has 0 aromatic heterocycles. The van der Waals surface area contributed by atoms with Crippen molar-refractivity contribution in [2.24, 2.45) is 0 Å². The van der Waals surface area contributed by atoms with Crippen LogP contribution >= 0.6 is 15.6 Å². The monoisotopic (exact) mass is 978 g/mol. The second kappa shape index (κ2) is 37.3. The molecule has 66 heavy (non-hydrogen) atoms. The Balaban J connectivity index is 2.67. The largest absolute Gasteiger partial charge is 0.472 e. The number of ether oxygens (including phenoxy) is 2. The highest BCUT2D eigenvalue weighted by Crippen LogP contribution is 2.49. The lowest BCUT2D eigenvalue weighted by Gasteiger charge is -2.43. The van der Waals surface area contributed by atoms with E-state index >= 15 is 0 Å². The van der Waals surface area contributed by atoms with Crippen LogP contribution in [0.4, 0.5) is 0 Å². The maximum absolute atomic E-state index is 13.0. The number of allylic oxidation sites excluding steroid dienone is 10. The molecule has 9 atom stereocenters. The molecule has 0 aliphatic heterocycles. The number of hydrogen-bond acceptors (Lipinski definition) is 14. The van der Waals surface area contributed by atoms with Gasteiger partial charge in [0, 0.05) is 12.8 Å². The third kappa shape index (κ3) is 31.4. The van der Waals surface area contributed by atoms with E-state index in [4.69, 9.17) is 28.3 Å². The second-order valence-electron chi connectivity index (χ2n) is 16.3. The van der Waals surface area contributed by atoms with E-state index in [0.29, 0.717) is 32.1 Å². The predicted molar refractivity (Wildman–Crippen MR) is 252 cm³/mol. The van der Waals surface area contributed by atoms with Crippen molar-refractivity contribution in [3.8, 4) is 0 Å². The zero-order chi connectivity index (χ0) is 49.1. The van der Waals surface area contributed by atoms with E-state index in [2.05, 4.69) is 42.7 Å². The molecular weight excluding hydrogens is 898 g/mol. The van der Waals surface area contributed by atoms with Gasteiger partial charge in [0.1, 0.15) is 43.2 Å².